The molecule has 0 spiro atoms. The Kier molecular flexibility index (Phi) is 5.73. The summed E-state index contributed by atoms with van der Waals surface area (Å²) in [5.41, 5.74) is 2.54. The predicted molar refractivity (Wildman–Crippen MR) is 106 cm³/mol. The van der Waals surface area contributed by atoms with E-state index in [1.165, 1.54) is 0 Å². The summed E-state index contributed by atoms with van der Waals surface area (Å²) in [6.45, 7) is 5.90. The molecule has 3 rings (SSSR count). The lowest BCUT2D eigenvalue weighted by molar-refractivity contribution is -0.139. The first kappa shape index (κ1) is 19.5. The van der Waals surface area contributed by atoms with Gasteiger partial charge in [0, 0.05) is 12.1 Å². The Labute approximate surface area is 163 Å². The third-order valence-electron chi connectivity index (χ3n) is 4.83. The van der Waals surface area contributed by atoms with Gasteiger partial charge >= 0.3 is 5.97 Å². The molecule has 2 heterocycles. The zero-order valence-corrected chi connectivity index (χ0v) is 16.2. The van der Waals surface area contributed by atoms with E-state index >= 15 is 0 Å². The highest BCUT2D eigenvalue weighted by Gasteiger charge is 2.24. The van der Waals surface area contributed by atoms with Crippen LogP contribution in [0.1, 0.15) is 47.9 Å². The summed E-state index contributed by atoms with van der Waals surface area (Å²) in [5, 5.41) is 17.2. The number of carbonyl (C=O) groups excluding carboxylic acids is 1. The van der Waals surface area contributed by atoms with Gasteiger partial charge in [0.15, 0.2) is 5.65 Å². The van der Waals surface area contributed by atoms with Crippen LogP contribution in [0.3, 0.4) is 0 Å². The number of carboxylic acids is 1. The van der Waals surface area contributed by atoms with Crippen molar-refractivity contribution in [1.82, 2.24) is 20.1 Å². The Bertz CT molecular complexity index is 998. The van der Waals surface area contributed by atoms with Crippen LogP contribution in [0.2, 0.25) is 0 Å². The molecule has 0 saturated heterocycles. The minimum atomic E-state index is -1.07. The van der Waals surface area contributed by atoms with Crippen molar-refractivity contribution in [2.45, 2.75) is 45.7 Å². The molecule has 7 heteroatoms. The average Bonchev–Trinajstić information content (AvgIpc) is 3.10. The van der Waals surface area contributed by atoms with Crippen LogP contribution in [0.15, 0.2) is 42.6 Å². The molecule has 0 fully saturated rings. The molecule has 0 aliphatic carbocycles. The molecule has 0 radical (unpaired) electrons. The number of nitrogens with zero attached hydrogens (tertiary/aromatic N) is 3. The van der Waals surface area contributed by atoms with Crippen molar-refractivity contribution >= 4 is 22.9 Å². The average molecular weight is 380 g/mol. The number of hydrogen-bond donors (Lipinski definition) is 2. The SMILES string of the molecule is CCC(C)n1ncc2c(C(=O)N[C@H](Cc3ccccc3)C(=O)O)cc(C)nc21. The minimum absolute atomic E-state index is 0.146. The first-order valence-corrected chi connectivity index (χ1v) is 9.33. The zero-order chi connectivity index (χ0) is 20.3. The lowest BCUT2D eigenvalue weighted by Gasteiger charge is -2.16. The van der Waals surface area contributed by atoms with Gasteiger partial charge in [-0.15, -0.1) is 0 Å². The normalized spacial score (nSPS) is 13.2. The second-order valence-corrected chi connectivity index (χ2v) is 6.95. The Balaban J connectivity index is 1.91. The first-order valence-electron chi connectivity index (χ1n) is 9.33. The molecule has 28 heavy (non-hydrogen) atoms. The Hall–Kier alpha value is -3.22. The van der Waals surface area contributed by atoms with Crippen molar-refractivity contribution in [3.05, 3.63) is 59.4 Å². The monoisotopic (exact) mass is 380 g/mol. The molecule has 0 bridgehead atoms. The van der Waals surface area contributed by atoms with Crippen LogP contribution in [0.25, 0.3) is 11.0 Å². The second-order valence-electron chi connectivity index (χ2n) is 6.95. The number of fused-ring (bicyclic) bond motifs is 1. The molecule has 2 atom stereocenters. The Morgan fingerprint density at radius 2 is 1.96 bits per heavy atom. The van der Waals surface area contributed by atoms with E-state index in [2.05, 4.69) is 22.3 Å². The van der Waals surface area contributed by atoms with E-state index in [1.807, 2.05) is 44.2 Å². The number of aryl methyl sites for hydroxylation is 1. The van der Waals surface area contributed by atoms with E-state index in [1.54, 1.807) is 16.9 Å². The number of nitrogens with one attached hydrogen (secondary N) is 1. The zero-order valence-electron chi connectivity index (χ0n) is 16.2. The van der Waals surface area contributed by atoms with Crippen LogP contribution in [0.5, 0.6) is 0 Å². The number of aromatic nitrogens is 3. The molecule has 0 aliphatic heterocycles. The van der Waals surface area contributed by atoms with E-state index < -0.39 is 17.9 Å². The Morgan fingerprint density at radius 3 is 2.61 bits per heavy atom. The quantitative estimate of drug-likeness (QED) is 0.656. The van der Waals surface area contributed by atoms with Gasteiger partial charge in [-0.25, -0.2) is 14.5 Å². The van der Waals surface area contributed by atoms with E-state index in [0.717, 1.165) is 12.0 Å². The summed E-state index contributed by atoms with van der Waals surface area (Å²) in [4.78, 5) is 29.1. The van der Waals surface area contributed by atoms with Crippen LogP contribution >= 0.6 is 0 Å². The molecule has 1 amide bonds. The minimum Gasteiger partial charge on any atom is -0.480 e. The fourth-order valence-electron chi connectivity index (χ4n) is 3.11. The molecule has 0 aliphatic rings. The molecule has 7 nitrogen and oxygen atoms in total. The van der Waals surface area contributed by atoms with Gasteiger partial charge in [-0.05, 0) is 31.9 Å². The van der Waals surface area contributed by atoms with Crippen LogP contribution in [-0.2, 0) is 11.2 Å². The van der Waals surface area contributed by atoms with Gasteiger partial charge in [0.05, 0.1) is 23.2 Å². The van der Waals surface area contributed by atoms with Gasteiger partial charge in [-0.1, -0.05) is 37.3 Å². The maximum absolute atomic E-state index is 12.9. The Morgan fingerprint density at radius 1 is 1.25 bits per heavy atom. The molecular weight excluding hydrogens is 356 g/mol. The van der Waals surface area contributed by atoms with Gasteiger partial charge in [0.1, 0.15) is 6.04 Å². The number of aliphatic carboxylic acids is 1. The highest BCUT2D eigenvalue weighted by atomic mass is 16.4. The molecular formula is C21H24N4O3. The van der Waals surface area contributed by atoms with Gasteiger partial charge in [-0.3, -0.25) is 4.79 Å². The second kappa shape index (κ2) is 8.21. The number of carbonyl (C=O) groups is 2. The van der Waals surface area contributed by atoms with Crippen LogP contribution in [0, 0.1) is 6.92 Å². The molecule has 2 aromatic heterocycles. The molecule has 1 aromatic carbocycles. The molecule has 3 aromatic rings. The molecule has 0 saturated carbocycles. The van der Waals surface area contributed by atoms with Gasteiger partial charge in [0.2, 0.25) is 0 Å². The highest BCUT2D eigenvalue weighted by Crippen LogP contribution is 2.22. The van der Waals surface area contributed by atoms with Crippen molar-refractivity contribution in [3.63, 3.8) is 0 Å². The van der Waals surface area contributed by atoms with Gasteiger partial charge < -0.3 is 10.4 Å². The van der Waals surface area contributed by atoms with E-state index in [-0.39, 0.29) is 12.5 Å². The molecule has 146 valence electrons. The summed E-state index contributed by atoms with van der Waals surface area (Å²) in [6, 6.07) is 10.0. The summed E-state index contributed by atoms with van der Waals surface area (Å²) >= 11 is 0. The number of hydrogen-bond acceptors (Lipinski definition) is 4. The maximum atomic E-state index is 12.9. The third-order valence-corrected chi connectivity index (χ3v) is 4.83. The summed E-state index contributed by atoms with van der Waals surface area (Å²) in [6.07, 6.45) is 2.71. The number of pyridine rings is 1. The number of benzene rings is 1. The van der Waals surface area contributed by atoms with E-state index in [9.17, 15) is 14.7 Å². The van der Waals surface area contributed by atoms with Crippen molar-refractivity contribution in [1.29, 1.82) is 0 Å². The molecule has 1 unspecified atom stereocenters. The van der Waals surface area contributed by atoms with Crippen LogP contribution in [-0.4, -0.2) is 37.8 Å². The predicted octanol–water partition coefficient (Wildman–Crippen LogP) is 3.14. The smallest absolute Gasteiger partial charge is 0.326 e. The maximum Gasteiger partial charge on any atom is 0.326 e. The fraction of sp³-hybridized carbons (Fsp3) is 0.333. The number of rotatable bonds is 7. The van der Waals surface area contributed by atoms with Crippen molar-refractivity contribution in [2.24, 2.45) is 0 Å². The number of carboxylic acid groups (broad SMARTS) is 1. The van der Waals surface area contributed by atoms with Crippen molar-refractivity contribution in [3.8, 4) is 0 Å². The van der Waals surface area contributed by atoms with Crippen LogP contribution < -0.4 is 5.32 Å². The fourth-order valence-corrected chi connectivity index (χ4v) is 3.11. The largest absolute Gasteiger partial charge is 0.480 e. The van der Waals surface area contributed by atoms with E-state index in [4.69, 9.17) is 0 Å². The third kappa shape index (κ3) is 4.03. The van der Waals surface area contributed by atoms with Crippen molar-refractivity contribution < 1.29 is 14.7 Å². The number of amides is 1. The summed E-state index contributed by atoms with van der Waals surface area (Å²) in [5.74, 6) is -1.52. The molecule has 2 N–H and O–H groups in total. The van der Waals surface area contributed by atoms with Crippen molar-refractivity contribution in [2.75, 3.05) is 0 Å². The van der Waals surface area contributed by atoms with E-state index in [0.29, 0.717) is 22.3 Å². The van der Waals surface area contributed by atoms with Crippen LogP contribution in [0.4, 0.5) is 0 Å². The standard InChI is InChI=1S/C21H24N4O3/c1-4-14(3)25-19-17(12-22-25)16(10-13(2)23-19)20(26)24-18(21(27)28)11-15-8-6-5-7-9-15/h5-10,12,14,18H,4,11H2,1-3H3,(H,24,26)(H,27,28)/t14?,18-/m1/s1. The lowest BCUT2D eigenvalue weighted by atomic mass is 10.0. The first-order chi connectivity index (χ1) is 13.4. The topological polar surface area (TPSA) is 97.1 Å². The van der Waals surface area contributed by atoms with Gasteiger partial charge in [0.25, 0.3) is 5.91 Å². The lowest BCUT2D eigenvalue weighted by Crippen LogP contribution is -2.42. The summed E-state index contributed by atoms with van der Waals surface area (Å²) in [7, 11) is 0. The summed E-state index contributed by atoms with van der Waals surface area (Å²) < 4.78 is 1.80. The highest BCUT2D eigenvalue weighted by molar-refractivity contribution is 6.06. The van der Waals surface area contributed by atoms with Gasteiger partial charge in [-0.2, -0.15) is 5.10 Å².